The number of nitrogens with one attached hydrogen (secondary N) is 2. The fourth-order valence-electron chi connectivity index (χ4n) is 3.91. The van der Waals surface area contributed by atoms with Gasteiger partial charge in [0.1, 0.15) is 11.4 Å². The largest absolute Gasteiger partial charge is 0.382 e. The van der Waals surface area contributed by atoms with Gasteiger partial charge < -0.3 is 16.5 Å². The highest BCUT2D eigenvalue weighted by molar-refractivity contribution is 6.07. The summed E-state index contributed by atoms with van der Waals surface area (Å²) in [4.78, 5) is 23.7. The summed E-state index contributed by atoms with van der Waals surface area (Å²) < 4.78 is 1.78. The summed E-state index contributed by atoms with van der Waals surface area (Å²) in [5.41, 5.74) is 12.5. The number of hydrogen-bond acceptors (Lipinski definition) is 5. The molecule has 0 aliphatic heterocycles. The van der Waals surface area contributed by atoms with Crippen LogP contribution in [0.25, 0.3) is 11.3 Å². The molecule has 0 spiro atoms. The van der Waals surface area contributed by atoms with Gasteiger partial charge in [-0.3, -0.25) is 14.3 Å². The van der Waals surface area contributed by atoms with Gasteiger partial charge in [-0.1, -0.05) is 36.4 Å². The van der Waals surface area contributed by atoms with Gasteiger partial charge in [-0.15, -0.1) is 0 Å². The summed E-state index contributed by atoms with van der Waals surface area (Å²) in [6.07, 6.45) is 5.27. The molecule has 0 radical (unpaired) electrons. The maximum atomic E-state index is 12.1. The van der Waals surface area contributed by atoms with Gasteiger partial charge in [-0.05, 0) is 38.7 Å². The predicted octanol–water partition coefficient (Wildman–Crippen LogP) is 2.30. The molecule has 0 saturated heterocycles. The Morgan fingerprint density at radius 2 is 1.93 bits per heavy atom. The molecule has 2 aromatic rings. The highest BCUT2D eigenvalue weighted by atomic mass is 16.1. The molecule has 1 fully saturated rings. The molecule has 4 N–H and O–H groups in total. The minimum atomic E-state index is -0.161. The number of amidine groups is 1. The van der Waals surface area contributed by atoms with Crippen LogP contribution >= 0.6 is 0 Å². The van der Waals surface area contributed by atoms with E-state index in [1.807, 2.05) is 31.2 Å². The summed E-state index contributed by atoms with van der Waals surface area (Å²) in [5.74, 6) is 0.0551. The Morgan fingerprint density at radius 3 is 2.50 bits per heavy atom. The Hall–Kier alpha value is -3.42. The van der Waals surface area contributed by atoms with Gasteiger partial charge in [-0.25, -0.2) is 0 Å². The van der Waals surface area contributed by atoms with Gasteiger partial charge in [0.2, 0.25) is 5.91 Å². The average Bonchev–Trinajstić information content (AvgIpc) is 3.14. The van der Waals surface area contributed by atoms with Crippen LogP contribution in [0, 0.1) is 6.92 Å². The molecular formula is C22H28N6O2. The minimum Gasteiger partial charge on any atom is -0.382 e. The molecule has 158 valence electrons. The zero-order valence-corrected chi connectivity index (χ0v) is 17.4. The third-order valence-corrected chi connectivity index (χ3v) is 5.45. The van der Waals surface area contributed by atoms with Crippen LogP contribution in [0.5, 0.6) is 0 Å². The number of aryl methyl sites for hydroxylation is 1. The molecular weight excluding hydrogens is 380 g/mol. The SMILES string of the molecule is C=CC(=O)NC1CCC(n2nc(-c3ccc(C)cc3)c(/C(N)=N\NC)c2C=O)CC1. The van der Waals surface area contributed by atoms with Crippen molar-refractivity contribution < 1.29 is 9.59 Å². The van der Waals surface area contributed by atoms with E-state index < -0.39 is 0 Å². The summed E-state index contributed by atoms with van der Waals surface area (Å²) in [6.45, 7) is 5.51. The lowest BCUT2D eigenvalue weighted by Gasteiger charge is -2.29. The van der Waals surface area contributed by atoms with Gasteiger partial charge in [0.15, 0.2) is 12.1 Å². The fourth-order valence-corrected chi connectivity index (χ4v) is 3.91. The molecule has 1 aliphatic rings. The zero-order valence-electron chi connectivity index (χ0n) is 17.4. The standard InChI is InChI=1S/C22H28N6O2/c1-4-19(30)25-16-9-11-17(12-10-16)28-18(13-29)20(22(23)26-24-3)21(27-28)15-7-5-14(2)6-8-15/h4-8,13,16-17,24H,1,9-12H2,2-3H3,(H2,23,26)(H,25,30). The second kappa shape index (κ2) is 9.39. The van der Waals surface area contributed by atoms with Crippen molar-refractivity contribution in [2.45, 2.75) is 44.7 Å². The van der Waals surface area contributed by atoms with Crippen molar-refractivity contribution in [3.8, 4) is 11.3 Å². The molecule has 0 bridgehead atoms. The number of nitrogens with two attached hydrogens (primary N) is 1. The van der Waals surface area contributed by atoms with E-state index in [0.29, 0.717) is 17.0 Å². The maximum absolute atomic E-state index is 12.1. The third-order valence-electron chi connectivity index (χ3n) is 5.45. The van der Waals surface area contributed by atoms with E-state index in [9.17, 15) is 9.59 Å². The third kappa shape index (κ3) is 4.42. The summed E-state index contributed by atoms with van der Waals surface area (Å²) in [7, 11) is 1.65. The monoisotopic (exact) mass is 408 g/mol. The Bertz CT molecular complexity index is 953. The van der Waals surface area contributed by atoms with E-state index in [1.165, 1.54) is 6.08 Å². The van der Waals surface area contributed by atoms with E-state index >= 15 is 0 Å². The Balaban J connectivity index is 1.97. The normalized spacial score (nSPS) is 19.2. The van der Waals surface area contributed by atoms with Gasteiger partial charge in [0.05, 0.1) is 11.6 Å². The molecule has 1 amide bonds. The van der Waals surface area contributed by atoms with Crippen LogP contribution in [-0.2, 0) is 4.79 Å². The molecule has 0 unspecified atom stereocenters. The van der Waals surface area contributed by atoms with Crippen LogP contribution in [0.2, 0.25) is 0 Å². The van der Waals surface area contributed by atoms with Crippen molar-refractivity contribution in [1.82, 2.24) is 20.5 Å². The summed E-state index contributed by atoms with van der Waals surface area (Å²) in [5, 5.41) is 11.8. The number of carbonyl (C=O) groups is 2. The molecule has 30 heavy (non-hydrogen) atoms. The molecule has 1 aromatic heterocycles. The lowest BCUT2D eigenvalue weighted by atomic mass is 9.91. The lowest BCUT2D eigenvalue weighted by Crippen LogP contribution is -2.37. The number of aromatic nitrogens is 2. The molecule has 1 aliphatic carbocycles. The number of aldehydes is 1. The van der Waals surface area contributed by atoms with E-state index in [2.05, 4.69) is 22.4 Å². The second-order valence-electron chi connectivity index (χ2n) is 7.48. The van der Waals surface area contributed by atoms with E-state index in [-0.39, 0.29) is 23.8 Å². The van der Waals surface area contributed by atoms with Crippen LogP contribution in [0.4, 0.5) is 0 Å². The second-order valence-corrected chi connectivity index (χ2v) is 7.48. The van der Waals surface area contributed by atoms with Crippen molar-refractivity contribution in [1.29, 1.82) is 0 Å². The van der Waals surface area contributed by atoms with Crippen molar-refractivity contribution in [2.24, 2.45) is 10.8 Å². The van der Waals surface area contributed by atoms with Crippen molar-refractivity contribution in [3.05, 3.63) is 53.7 Å². The molecule has 8 nitrogen and oxygen atoms in total. The van der Waals surface area contributed by atoms with Gasteiger partial charge >= 0.3 is 0 Å². The average molecular weight is 409 g/mol. The first-order valence-corrected chi connectivity index (χ1v) is 10.1. The van der Waals surface area contributed by atoms with Crippen molar-refractivity contribution in [3.63, 3.8) is 0 Å². The van der Waals surface area contributed by atoms with E-state index in [1.54, 1.807) is 11.7 Å². The molecule has 1 heterocycles. The van der Waals surface area contributed by atoms with Crippen LogP contribution in [0.15, 0.2) is 42.0 Å². The quantitative estimate of drug-likeness (QED) is 0.214. The fraction of sp³-hybridized carbons (Fsp3) is 0.364. The smallest absolute Gasteiger partial charge is 0.243 e. The minimum absolute atomic E-state index is 0.0439. The number of benzene rings is 1. The van der Waals surface area contributed by atoms with Crippen LogP contribution < -0.4 is 16.5 Å². The van der Waals surface area contributed by atoms with Gasteiger partial charge in [0, 0.05) is 18.7 Å². The van der Waals surface area contributed by atoms with E-state index in [4.69, 9.17) is 10.8 Å². The molecule has 3 rings (SSSR count). The van der Waals surface area contributed by atoms with Crippen LogP contribution in [-0.4, -0.2) is 40.9 Å². The zero-order chi connectivity index (χ0) is 21.7. The Morgan fingerprint density at radius 1 is 1.27 bits per heavy atom. The van der Waals surface area contributed by atoms with Gasteiger partial charge in [0.25, 0.3) is 0 Å². The number of hydrazone groups is 1. The molecule has 8 heteroatoms. The molecule has 0 atom stereocenters. The predicted molar refractivity (Wildman–Crippen MR) is 117 cm³/mol. The first-order valence-electron chi connectivity index (χ1n) is 10.1. The topological polar surface area (TPSA) is 114 Å². The Kier molecular flexibility index (Phi) is 6.66. The first kappa shape index (κ1) is 21.3. The molecule has 1 aromatic carbocycles. The molecule has 1 saturated carbocycles. The first-order chi connectivity index (χ1) is 14.5. The Labute approximate surface area is 176 Å². The van der Waals surface area contributed by atoms with Crippen LogP contribution in [0.3, 0.4) is 0 Å². The maximum Gasteiger partial charge on any atom is 0.243 e. The summed E-state index contributed by atoms with van der Waals surface area (Å²) in [6, 6.07) is 8.08. The number of carbonyl (C=O) groups excluding carboxylic acids is 2. The number of nitrogens with zero attached hydrogens (tertiary/aromatic N) is 3. The summed E-state index contributed by atoms with van der Waals surface area (Å²) >= 11 is 0. The lowest BCUT2D eigenvalue weighted by molar-refractivity contribution is -0.117. The van der Waals surface area contributed by atoms with Gasteiger partial charge in [-0.2, -0.15) is 10.2 Å². The highest BCUT2D eigenvalue weighted by Crippen LogP contribution is 2.33. The van der Waals surface area contributed by atoms with E-state index in [0.717, 1.165) is 43.1 Å². The van der Waals surface area contributed by atoms with Crippen molar-refractivity contribution >= 4 is 18.0 Å². The van der Waals surface area contributed by atoms with Crippen molar-refractivity contribution in [2.75, 3.05) is 7.05 Å². The highest BCUT2D eigenvalue weighted by Gasteiger charge is 2.29. The number of hydrogen-bond donors (Lipinski definition) is 3. The number of amides is 1. The number of rotatable bonds is 7. The van der Waals surface area contributed by atoms with Crippen LogP contribution in [0.1, 0.15) is 53.3 Å².